The Balaban J connectivity index is 1.79. The van der Waals surface area contributed by atoms with E-state index in [0.717, 1.165) is 5.56 Å². The predicted octanol–water partition coefficient (Wildman–Crippen LogP) is 0.788. The number of amides is 2. The third-order valence-electron chi connectivity index (χ3n) is 3.34. The van der Waals surface area contributed by atoms with Crippen LogP contribution in [0, 0.1) is 5.92 Å². The highest BCUT2D eigenvalue weighted by molar-refractivity contribution is 5.85. The second-order valence-corrected chi connectivity index (χ2v) is 5.68. The summed E-state index contributed by atoms with van der Waals surface area (Å²) in [7, 11) is 0. The van der Waals surface area contributed by atoms with Gasteiger partial charge in [0, 0.05) is 12.5 Å². The van der Waals surface area contributed by atoms with E-state index in [1.54, 1.807) is 0 Å². The second-order valence-electron chi connectivity index (χ2n) is 5.68. The number of carbonyl (C=O) groups is 2. The second kappa shape index (κ2) is 7.19. The molecule has 1 saturated heterocycles. The van der Waals surface area contributed by atoms with Crippen LogP contribution < -0.4 is 21.7 Å². The van der Waals surface area contributed by atoms with E-state index in [2.05, 4.69) is 21.7 Å². The fourth-order valence-electron chi connectivity index (χ4n) is 2.27. The Kier molecular flexibility index (Phi) is 5.30. The smallest absolute Gasteiger partial charge is 0.256 e. The zero-order chi connectivity index (χ0) is 15.2. The molecule has 4 N–H and O–H groups in total. The lowest BCUT2D eigenvalue weighted by atomic mass is 10.0. The summed E-state index contributed by atoms with van der Waals surface area (Å²) in [6.07, 6.45) is 1.03. The van der Waals surface area contributed by atoms with E-state index in [1.807, 2.05) is 44.2 Å². The van der Waals surface area contributed by atoms with Crippen LogP contribution in [0.1, 0.15) is 38.3 Å². The van der Waals surface area contributed by atoms with Crippen molar-refractivity contribution in [3.05, 3.63) is 35.9 Å². The van der Waals surface area contributed by atoms with Crippen molar-refractivity contribution in [3.8, 4) is 0 Å². The summed E-state index contributed by atoms with van der Waals surface area (Å²) in [5.41, 5.74) is 12.1. The molecule has 2 atom stereocenters. The lowest BCUT2D eigenvalue weighted by molar-refractivity contribution is -0.130. The first kappa shape index (κ1) is 15.5. The molecule has 2 amide bonds. The van der Waals surface area contributed by atoms with Gasteiger partial charge in [-0.05, 0) is 17.9 Å². The molecule has 1 aliphatic rings. The number of hydrazine groups is 2. The van der Waals surface area contributed by atoms with Gasteiger partial charge in [-0.15, -0.1) is 0 Å². The molecular weight excluding hydrogens is 268 g/mol. The molecule has 1 aromatic carbocycles. The third kappa shape index (κ3) is 4.54. The Bertz CT molecular complexity index is 490. The van der Waals surface area contributed by atoms with Gasteiger partial charge in [-0.25, -0.2) is 10.9 Å². The Morgan fingerprint density at radius 1 is 1.19 bits per heavy atom. The molecule has 0 radical (unpaired) electrons. The van der Waals surface area contributed by atoms with Crippen LogP contribution in [-0.2, 0) is 9.59 Å². The summed E-state index contributed by atoms with van der Waals surface area (Å²) in [4.78, 5) is 23.5. The molecule has 0 spiro atoms. The first-order valence-electron chi connectivity index (χ1n) is 7.21. The quantitative estimate of drug-likeness (QED) is 0.618. The fourth-order valence-corrected chi connectivity index (χ4v) is 2.27. The van der Waals surface area contributed by atoms with Gasteiger partial charge in [0.05, 0.1) is 0 Å². The van der Waals surface area contributed by atoms with Crippen molar-refractivity contribution in [3.63, 3.8) is 0 Å². The average molecular weight is 290 g/mol. The van der Waals surface area contributed by atoms with Gasteiger partial charge < -0.3 is 0 Å². The molecule has 0 saturated carbocycles. The molecule has 114 valence electrons. The van der Waals surface area contributed by atoms with Crippen molar-refractivity contribution in [2.24, 2.45) is 5.92 Å². The summed E-state index contributed by atoms with van der Waals surface area (Å²) in [6, 6.07) is 9.66. The van der Waals surface area contributed by atoms with Gasteiger partial charge in [-0.1, -0.05) is 44.2 Å². The normalized spacial score (nSPS) is 21.3. The van der Waals surface area contributed by atoms with E-state index in [0.29, 0.717) is 12.8 Å². The van der Waals surface area contributed by atoms with Crippen molar-refractivity contribution in [1.29, 1.82) is 0 Å². The van der Waals surface area contributed by atoms with Crippen molar-refractivity contribution >= 4 is 11.8 Å². The van der Waals surface area contributed by atoms with Gasteiger partial charge in [0.25, 0.3) is 5.91 Å². The first-order chi connectivity index (χ1) is 10.1. The summed E-state index contributed by atoms with van der Waals surface area (Å²) >= 11 is 0. The molecular formula is C15H22N4O2. The third-order valence-corrected chi connectivity index (χ3v) is 3.34. The van der Waals surface area contributed by atoms with Crippen LogP contribution in [0.15, 0.2) is 30.3 Å². The molecule has 1 aliphatic heterocycles. The van der Waals surface area contributed by atoms with E-state index < -0.39 is 0 Å². The number of hydrogen-bond acceptors (Lipinski definition) is 4. The van der Waals surface area contributed by atoms with Crippen molar-refractivity contribution < 1.29 is 9.59 Å². The van der Waals surface area contributed by atoms with Gasteiger partial charge in [0.1, 0.15) is 6.04 Å². The van der Waals surface area contributed by atoms with Gasteiger partial charge in [-0.3, -0.25) is 20.4 Å². The van der Waals surface area contributed by atoms with Crippen LogP contribution in [0.25, 0.3) is 0 Å². The van der Waals surface area contributed by atoms with E-state index >= 15 is 0 Å². The van der Waals surface area contributed by atoms with Crippen molar-refractivity contribution in [1.82, 2.24) is 21.7 Å². The van der Waals surface area contributed by atoms with E-state index in [1.165, 1.54) is 0 Å². The van der Waals surface area contributed by atoms with Crippen LogP contribution in [0.3, 0.4) is 0 Å². The highest BCUT2D eigenvalue weighted by atomic mass is 16.2. The first-order valence-corrected chi connectivity index (χ1v) is 7.21. The van der Waals surface area contributed by atoms with E-state index in [-0.39, 0.29) is 29.8 Å². The minimum Gasteiger partial charge on any atom is -0.273 e. The molecule has 6 nitrogen and oxygen atoms in total. The Labute approximate surface area is 124 Å². The van der Waals surface area contributed by atoms with Crippen LogP contribution in [-0.4, -0.2) is 17.9 Å². The number of nitrogens with one attached hydrogen (secondary N) is 4. The standard InChI is InChI=1S/C15H22N4O2/c1-10(2)8-14(20)18-19-15(21)13-9-12(16-17-13)11-6-4-3-5-7-11/h3-7,10,12-13,16-17H,8-9H2,1-2H3,(H,18,20)(H,19,21). The molecule has 2 unspecified atom stereocenters. The van der Waals surface area contributed by atoms with Crippen LogP contribution in [0.2, 0.25) is 0 Å². The lowest BCUT2D eigenvalue weighted by Gasteiger charge is -2.12. The zero-order valence-corrected chi connectivity index (χ0v) is 12.3. The fraction of sp³-hybridized carbons (Fsp3) is 0.467. The average Bonchev–Trinajstić information content (AvgIpc) is 2.95. The minimum atomic E-state index is -0.366. The van der Waals surface area contributed by atoms with Crippen LogP contribution in [0.4, 0.5) is 0 Å². The Hall–Kier alpha value is -1.92. The number of carbonyl (C=O) groups excluding carboxylic acids is 2. The molecule has 21 heavy (non-hydrogen) atoms. The predicted molar refractivity (Wildman–Crippen MR) is 79.6 cm³/mol. The molecule has 1 heterocycles. The number of hydrogen-bond donors (Lipinski definition) is 4. The summed E-state index contributed by atoms with van der Waals surface area (Å²) in [5, 5.41) is 0. The molecule has 2 rings (SSSR count). The van der Waals surface area contributed by atoms with Crippen LogP contribution >= 0.6 is 0 Å². The summed E-state index contributed by atoms with van der Waals surface area (Å²) < 4.78 is 0. The molecule has 0 aromatic heterocycles. The molecule has 1 fully saturated rings. The highest BCUT2D eigenvalue weighted by Gasteiger charge is 2.30. The minimum absolute atomic E-state index is 0.0910. The summed E-state index contributed by atoms with van der Waals surface area (Å²) in [5.74, 6) is -0.155. The molecule has 1 aromatic rings. The summed E-state index contributed by atoms with van der Waals surface area (Å²) in [6.45, 7) is 3.91. The van der Waals surface area contributed by atoms with E-state index in [4.69, 9.17) is 0 Å². The molecule has 0 bridgehead atoms. The maximum atomic E-state index is 12.0. The lowest BCUT2D eigenvalue weighted by Crippen LogP contribution is -2.50. The van der Waals surface area contributed by atoms with Crippen molar-refractivity contribution in [2.45, 2.75) is 38.8 Å². The Morgan fingerprint density at radius 3 is 2.57 bits per heavy atom. The topological polar surface area (TPSA) is 82.3 Å². The van der Waals surface area contributed by atoms with Gasteiger partial charge >= 0.3 is 0 Å². The number of rotatable bonds is 4. The largest absolute Gasteiger partial charge is 0.273 e. The van der Waals surface area contributed by atoms with E-state index in [9.17, 15) is 9.59 Å². The van der Waals surface area contributed by atoms with Crippen LogP contribution in [0.5, 0.6) is 0 Å². The Morgan fingerprint density at radius 2 is 1.90 bits per heavy atom. The maximum Gasteiger partial charge on any atom is 0.256 e. The van der Waals surface area contributed by atoms with Gasteiger partial charge in [0.15, 0.2) is 0 Å². The van der Waals surface area contributed by atoms with Gasteiger partial charge in [0.2, 0.25) is 5.91 Å². The van der Waals surface area contributed by atoms with Gasteiger partial charge in [-0.2, -0.15) is 0 Å². The number of benzene rings is 1. The zero-order valence-electron chi connectivity index (χ0n) is 12.3. The monoisotopic (exact) mass is 290 g/mol. The highest BCUT2D eigenvalue weighted by Crippen LogP contribution is 2.21. The molecule has 6 heteroatoms. The maximum absolute atomic E-state index is 12.0. The molecule has 0 aliphatic carbocycles. The SMILES string of the molecule is CC(C)CC(=O)NNC(=O)C1CC(c2ccccc2)NN1. The van der Waals surface area contributed by atoms with Crippen molar-refractivity contribution in [2.75, 3.05) is 0 Å².